The van der Waals surface area contributed by atoms with Gasteiger partial charge >= 0.3 is 5.97 Å². The summed E-state index contributed by atoms with van der Waals surface area (Å²) in [6.07, 6.45) is 7.96. The topological polar surface area (TPSA) is 26.3 Å². The molecule has 1 aliphatic rings. The van der Waals surface area contributed by atoms with Crippen molar-refractivity contribution in [2.24, 2.45) is 0 Å². The molecule has 0 aromatic heterocycles. The molecule has 19 heavy (non-hydrogen) atoms. The smallest absolute Gasteiger partial charge is 0.338 e. The van der Waals surface area contributed by atoms with Gasteiger partial charge in [0.15, 0.2) is 0 Å². The molecule has 1 fully saturated rings. The molecule has 2 nitrogen and oxygen atoms in total. The van der Waals surface area contributed by atoms with E-state index in [0.29, 0.717) is 17.2 Å². The minimum atomic E-state index is -0.359. The second-order valence-electron chi connectivity index (χ2n) is 5.43. The standard InChI is InChI=1S/C17H22O2/c1-13(2)17(18)19-16-11-9-15(10-12-16)14-7-5-3-4-6-8-14/h9-12,14H,1,3-8H2,2H3. The Morgan fingerprint density at radius 3 is 2.21 bits per heavy atom. The third kappa shape index (κ3) is 3.95. The highest BCUT2D eigenvalue weighted by molar-refractivity contribution is 5.88. The Hall–Kier alpha value is -1.57. The molecule has 0 radical (unpaired) electrons. The third-order valence-corrected chi connectivity index (χ3v) is 3.77. The van der Waals surface area contributed by atoms with Crippen molar-refractivity contribution in [3.8, 4) is 5.75 Å². The summed E-state index contributed by atoms with van der Waals surface area (Å²) in [5.74, 6) is 0.918. The minimum absolute atomic E-state index is 0.359. The number of carbonyl (C=O) groups is 1. The highest BCUT2D eigenvalue weighted by atomic mass is 16.5. The van der Waals surface area contributed by atoms with Crippen LogP contribution in [0.2, 0.25) is 0 Å². The van der Waals surface area contributed by atoms with Crippen molar-refractivity contribution in [2.45, 2.75) is 51.4 Å². The van der Waals surface area contributed by atoms with E-state index in [1.54, 1.807) is 6.92 Å². The predicted octanol–water partition coefficient (Wildman–Crippen LogP) is 4.61. The molecule has 0 bridgehead atoms. The Kier molecular flexibility index (Phi) is 4.78. The second-order valence-corrected chi connectivity index (χ2v) is 5.43. The van der Waals surface area contributed by atoms with E-state index in [1.165, 1.54) is 44.1 Å². The van der Waals surface area contributed by atoms with E-state index in [0.717, 1.165) is 0 Å². The number of esters is 1. The van der Waals surface area contributed by atoms with Crippen molar-refractivity contribution in [1.82, 2.24) is 0 Å². The number of hydrogen-bond acceptors (Lipinski definition) is 2. The molecule has 0 unspecified atom stereocenters. The van der Waals surface area contributed by atoms with E-state index in [2.05, 4.69) is 18.7 Å². The van der Waals surface area contributed by atoms with Crippen LogP contribution in [0.4, 0.5) is 0 Å². The van der Waals surface area contributed by atoms with E-state index >= 15 is 0 Å². The van der Waals surface area contributed by atoms with Gasteiger partial charge in [-0.25, -0.2) is 4.79 Å². The summed E-state index contributed by atoms with van der Waals surface area (Å²) in [4.78, 5) is 11.4. The van der Waals surface area contributed by atoms with Crippen molar-refractivity contribution in [3.63, 3.8) is 0 Å². The lowest BCUT2D eigenvalue weighted by Gasteiger charge is -2.14. The first-order valence-electron chi connectivity index (χ1n) is 7.14. The fourth-order valence-corrected chi connectivity index (χ4v) is 2.61. The van der Waals surface area contributed by atoms with Crippen LogP contribution in [0.3, 0.4) is 0 Å². The van der Waals surface area contributed by atoms with Crippen LogP contribution in [0.25, 0.3) is 0 Å². The molecule has 1 aromatic rings. The van der Waals surface area contributed by atoms with Gasteiger partial charge < -0.3 is 4.74 Å². The van der Waals surface area contributed by atoms with Gasteiger partial charge in [0.05, 0.1) is 0 Å². The summed E-state index contributed by atoms with van der Waals surface area (Å²) in [6, 6.07) is 7.97. The maximum atomic E-state index is 11.4. The fourth-order valence-electron chi connectivity index (χ4n) is 2.61. The summed E-state index contributed by atoms with van der Waals surface area (Å²) in [5, 5.41) is 0. The van der Waals surface area contributed by atoms with Crippen molar-refractivity contribution in [3.05, 3.63) is 42.0 Å². The maximum absolute atomic E-state index is 11.4. The molecule has 2 rings (SSSR count). The fraction of sp³-hybridized carbons (Fsp3) is 0.471. The van der Waals surface area contributed by atoms with Gasteiger partial charge in [-0.3, -0.25) is 0 Å². The zero-order chi connectivity index (χ0) is 13.7. The lowest BCUT2D eigenvalue weighted by atomic mass is 9.92. The lowest BCUT2D eigenvalue weighted by molar-refractivity contribution is -0.130. The van der Waals surface area contributed by atoms with E-state index < -0.39 is 0 Å². The van der Waals surface area contributed by atoms with Gasteiger partial charge in [-0.2, -0.15) is 0 Å². The van der Waals surface area contributed by atoms with Crippen molar-refractivity contribution in [1.29, 1.82) is 0 Å². The summed E-state index contributed by atoms with van der Waals surface area (Å²) in [6.45, 7) is 5.23. The van der Waals surface area contributed by atoms with Crippen LogP contribution in [0, 0.1) is 0 Å². The average Bonchev–Trinajstić information content (AvgIpc) is 2.68. The van der Waals surface area contributed by atoms with Crippen LogP contribution in [0.1, 0.15) is 56.9 Å². The molecule has 1 saturated carbocycles. The van der Waals surface area contributed by atoms with Crippen LogP contribution >= 0.6 is 0 Å². The van der Waals surface area contributed by atoms with Crippen molar-refractivity contribution >= 4 is 5.97 Å². The Balaban J connectivity index is 2.01. The molecule has 1 aromatic carbocycles. The molecule has 0 amide bonds. The Labute approximate surface area is 115 Å². The third-order valence-electron chi connectivity index (χ3n) is 3.77. The first-order chi connectivity index (χ1) is 9.16. The average molecular weight is 258 g/mol. The predicted molar refractivity (Wildman–Crippen MR) is 77.3 cm³/mol. The molecule has 1 aliphatic carbocycles. The van der Waals surface area contributed by atoms with Gasteiger partial charge in [0.2, 0.25) is 0 Å². The van der Waals surface area contributed by atoms with Crippen LogP contribution in [0.15, 0.2) is 36.4 Å². The van der Waals surface area contributed by atoms with Gasteiger partial charge in [0.1, 0.15) is 5.75 Å². The second kappa shape index (κ2) is 6.55. The highest BCUT2D eigenvalue weighted by Gasteiger charge is 2.14. The molecular formula is C17H22O2. The molecule has 102 valence electrons. The van der Waals surface area contributed by atoms with Crippen LogP contribution < -0.4 is 4.74 Å². The molecule has 0 aliphatic heterocycles. The lowest BCUT2D eigenvalue weighted by Crippen LogP contribution is -2.08. The summed E-state index contributed by atoms with van der Waals surface area (Å²) in [5.41, 5.74) is 1.80. The summed E-state index contributed by atoms with van der Waals surface area (Å²) < 4.78 is 5.20. The minimum Gasteiger partial charge on any atom is -0.423 e. The monoisotopic (exact) mass is 258 g/mol. The number of carbonyl (C=O) groups excluding carboxylic acids is 1. The van der Waals surface area contributed by atoms with E-state index in [4.69, 9.17) is 4.74 Å². The number of ether oxygens (including phenoxy) is 1. The normalized spacial score (nSPS) is 16.7. The van der Waals surface area contributed by atoms with E-state index in [1.807, 2.05) is 12.1 Å². The summed E-state index contributed by atoms with van der Waals surface area (Å²) in [7, 11) is 0. The Morgan fingerprint density at radius 2 is 1.68 bits per heavy atom. The quantitative estimate of drug-likeness (QED) is 0.342. The van der Waals surface area contributed by atoms with Crippen LogP contribution in [0.5, 0.6) is 5.75 Å². The largest absolute Gasteiger partial charge is 0.423 e. The zero-order valence-electron chi connectivity index (χ0n) is 11.7. The van der Waals surface area contributed by atoms with E-state index in [9.17, 15) is 4.79 Å². The Morgan fingerprint density at radius 1 is 1.11 bits per heavy atom. The summed E-state index contributed by atoms with van der Waals surface area (Å²) >= 11 is 0. The van der Waals surface area contributed by atoms with Gasteiger partial charge in [-0.15, -0.1) is 0 Å². The molecule has 0 spiro atoms. The van der Waals surface area contributed by atoms with Gasteiger partial charge in [-0.05, 0) is 43.4 Å². The molecule has 0 saturated heterocycles. The maximum Gasteiger partial charge on any atom is 0.338 e. The van der Waals surface area contributed by atoms with Crippen LogP contribution in [-0.4, -0.2) is 5.97 Å². The first-order valence-corrected chi connectivity index (χ1v) is 7.14. The van der Waals surface area contributed by atoms with Gasteiger partial charge in [0.25, 0.3) is 0 Å². The van der Waals surface area contributed by atoms with Crippen molar-refractivity contribution < 1.29 is 9.53 Å². The SMILES string of the molecule is C=C(C)C(=O)Oc1ccc(C2CCCCCC2)cc1. The Bertz CT molecular complexity index is 437. The van der Waals surface area contributed by atoms with Gasteiger partial charge in [0, 0.05) is 5.57 Å². The zero-order valence-corrected chi connectivity index (χ0v) is 11.7. The number of hydrogen-bond donors (Lipinski definition) is 0. The molecule has 0 heterocycles. The van der Waals surface area contributed by atoms with E-state index in [-0.39, 0.29) is 5.97 Å². The molecule has 0 N–H and O–H groups in total. The van der Waals surface area contributed by atoms with Gasteiger partial charge in [-0.1, -0.05) is 44.4 Å². The molecule has 0 atom stereocenters. The van der Waals surface area contributed by atoms with Crippen molar-refractivity contribution in [2.75, 3.05) is 0 Å². The molecule has 2 heteroatoms. The number of rotatable bonds is 3. The first kappa shape index (κ1) is 13.9. The molecular weight excluding hydrogens is 236 g/mol. The van der Waals surface area contributed by atoms with Crippen LogP contribution in [-0.2, 0) is 4.79 Å². The number of benzene rings is 1. The highest BCUT2D eigenvalue weighted by Crippen LogP contribution is 2.32.